The molecule has 0 aliphatic carbocycles. The molecule has 0 unspecified atom stereocenters. The molecular formula is C21H20BrN3O2S2. The molecule has 0 amide bonds. The summed E-state index contributed by atoms with van der Waals surface area (Å²) >= 11 is 4.51. The van der Waals surface area contributed by atoms with Crippen molar-refractivity contribution in [2.75, 3.05) is 4.72 Å². The second-order valence-corrected chi connectivity index (χ2v) is 11.0. The second kappa shape index (κ2) is 8.30. The average molecular weight is 490 g/mol. The van der Waals surface area contributed by atoms with Crippen LogP contribution in [-0.2, 0) is 29.4 Å². The molecule has 0 atom stereocenters. The van der Waals surface area contributed by atoms with E-state index >= 15 is 0 Å². The van der Waals surface area contributed by atoms with Gasteiger partial charge >= 0.3 is 0 Å². The van der Waals surface area contributed by atoms with Crippen molar-refractivity contribution in [2.45, 2.75) is 30.5 Å². The number of para-hydroxylation sites is 3. The lowest BCUT2D eigenvalue weighted by atomic mass is 10.1. The van der Waals surface area contributed by atoms with Crippen LogP contribution in [0.3, 0.4) is 0 Å². The van der Waals surface area contributed by atoms with Crippen LogP contribution in [0.1, 0.15) is 18.3 Å². The number of sulfonamides is 1. The molecule has 0 saturated heterocycles. The fraction of sp³-hybridized carbons (Fsp3) is 0.190. The number of aromatic nitrogens is 2. The molecule has 4 aromatic rings. The number of imidazole rings is 1. The molecule has 0 bridgehead atoms. The minimum Gasteiger partial charge on any atom is -0.328 e. The Morgan fingerprint density at radius 1 is 1.03 bits per heavy atom. The van der Waals surface area contributed by atoms with Gasteiger partial charge in [-0.15, -0.1) is 11.3 Å². The van der Waals surface area contributed by atoms with Crippen molar-refractivity contribution in [3.63, 3.8) is 0 Å². The largest absolute Gasteiger partial charge is 0.328 e. The first-order chi connectivity index (χ1) is 14.0. The summed E-state index contributed by atoms with van der Waals surface area (Å²) in [5.74, 6) is 1.01. The zero-order chi connectivity index (χ0) is 20.4. The molecule has 2 aromatic carbocycles. The number of nitrogens with one attached hydrogen (secondary N) is 1. The summed E-state index contributed by atoms with van der Waals surface area (Å²) in [6, 6.07) is 19.0. The third kappa shape index (κ3) is 4.24. The van der Waals surface area contributed by atoms with Crippen molar-refractivity contribution < 1.29 is 8.42 Å². The predicted molar refractivity (Wildman–Crippen MR) is 122 cm³/mol. The van der Waals surface area contributed by atoms with Gasteiger partial charge in [0.1, 0.15) is 10.0 Å². The summed E-state index contributed by atoms with van der Waals surface area (Å²) in [7, 11) is -3.61. The van der Waals surface area contributed by atoms with E-state index in [1.807, 2.05) is 36.4 Å². The van der Waals surface area contributed by atoms with Crippen LogP contribution in [0.5, 0.6) is 0 Å². The summed E-state index contributed by atoms with van der Waals surface area (Å²) in [6.45, 7) is 2.95. The molecule has 150 valence electrons. The van der Waals surface area contributed by atoms with E-state index in [1.54, 1.807) is 18.2 Å². The molecule has 0 aliphatic heterocycles. The number of hydrogen-bond donors (Lipinski definition) is 1. The monoisotopic (exact) mass is 489 g/mol. The summed E-state index contributed by atoms with van der Waals surface area (Å²) in [4.78, 5) is 4.77. The second-order valence-electron chi connectivity index (χ2n) is 6.58. The first kappa shape index (κ1) is 20.1. The zero-order valence-electron chi connectivity index (χ0n) is 15.8. The quantitative estimate of drug-likeness (QED) is 0.374. The van der Waals surface area contributed by atoms with Crippen LogP contribution in [0.25, 0.3) is 11.0 Å². The van der Waals surface area contributed by atoms with Gasteiger partial charge in [0.05, 0.1) is 20.5 Å². The molecule has 8 heteroatoms. The van der Waals surface area contributed by atoms with Crippen molar-refractivity contribution in [2.24, 2.45) is 0 Å². The minimum absolute atomic E-state index is 0.284. The lowest BCUT2D eigenvalue weighted by Crippen LogP contribution is -2.13. The molecule has 4 rings (SSSR count). The van der Waals surface area contributed by atoms with Crippen molar-refractivity contribution in [1.82, 2.24) is 9.55 Å². The molecule has 1 N–H and O–H groups in total. The first-order valence-electron chi connectivity index (χ1n) is 9.28. The average Bonchev–Trinajstić information content (AvgIpc) is 3.30. The van der Waals surface area contributed by atoms with Crippen molar-refractivity contribution in [3.8, 4) is 0 Å². The molecule has 2 heterocycles. The molecule has 0 spiro atoms. The molecule has 5 nitrogen and oxygen atoms in total. The van der Waals surface area contributed by atoms with Crippen molar-refractivity contribution in [3.05, 3.63) is 75.8 Å². The Balaban J connectivity index is 1.58. The topological polar surface area (TPSA) is 64.0 Å². The number of hydrogen-bond acceptors (Lipinski definition) is 4. The van der Waals surface area contributed by atoms with Gasteiger partial charge < -0.3 is 4.57 Å². The molecule has 0 saturated carbocycles. The summed E-state index contributed by atoms with van der Waals surface area (Å²) in [6.07, 6.45) is 1.42. The van der Waals surface area contributed by atoms with Gasteiger partial charge in [-0.3, -0.25) is 4.72 Å². The highest BCUT2D eigenvalue weighted by Crippen LogP contribution is 2.29. The van der Waals surface area contributed by atoms with Crippen molar-refractivity contribution >= 4 is 54.0 Å². The standard InChI is InChI=1S/C21H20BrN3O2S2/c1-2-25-18-10-6-5-9-17(18)23-20(25)13-11-15-7-3-4-8-16(15)24-29(26,27)21-14-12-19(22)28-21/h3-10,12,14,24H,2,11,13H2,1H3. The van der Waals surface area contributed by atoms with Gasteiger partial charge in [-0.05, 0) is 65.2 Å². The molecule has 2 aromatic heterocycles. The van der Waals surface area contributed by atoms with Gasteiger partial charge in [-0.1, -0.05) is 30.3 Å². The maximum atomic E-state index is 12.7. The Morgan fingerprint density at radius 3 is 2.55 bits per heavy atom. The fourth-order valence-electron chi connectivity index (χ4n) is 3.39. The zero-order valence-corrected chi connectivity index (χ0v) is 19.0. The number of thiophene rings is 1. The third-order valence-electron chi connectivity index (χ3n) is 4.74. The minimum atomic E-state index is -3.61. The van der Waals surface area contributed by atoms with E-state index in [1.165, 1.54) is 11.3 Å². The highest BCUT2D eigenvalue weighted by atomic mass is 79.9. The Bertz CT molecular complexity index is 1260. The number of halogens is 1. The predicted octanol–water partition coefficient (Wildman–Crippen LogP) is 5.47. The Morgan fingerprint density at radius 2 is 1.79 bits per heavy atom. The van der Waals surface area contributed by atoms with Crippen LogP contribution in [-0.4, -0.2) is 18.0 Å². The smallest absolute Gasteiger partial charge is 0.271 e. The molecule has 0 aliphatic rings. The molecule has 0 radical (unpaired) electrons. The Hall–Kier alpha value is -2.16. The summed E-state index contributed by atoms with van der Waals surface area (Å²) in [5.41, 5.74) is 3.67. The number of fused-ring (bicyclic) bond motifs is 1. The number of benzene rings is 2. The van der Waals surface area contributed by atoms with E-state index in [0.717, 1.165) is 39.2 Å². The van der Waals surface area contributed by atoms with E-state index in [2.05, 4.69) is 38.2 Å². The van der Waals surface area contributed by atoms with E-state index in [0.29, 0.717) is 12.1 Å². The lowest BCUT2D eigenvalue weighted by Gasteiger charge is -2.12. The third-order valence-corrected chi connectivity index (χ3v) is 8.22. The van der Waals surface area contributed by atoms with E-state index in [4.69, 9.17) is 4.98 Å². The Labute approximate surface area is 182 Å². The van der Waals surface area contributed by atoms with E-state index < -0.39 is 10.0 Å². The number of nitrogens with zero attached hydrogens (tertiary/aromatic N) is 2. The van der Waals surface area contributed by atoms with Crippen LogP contribution in [0, 0.1) is 0 Å². The van der Waals surface area contributed by atoms with Crippen LogP contribution in [0.15, 0.2) is 68.7 Å². The van der Waals surface area contributed by atoms with Gasteiger partial charge in [-0.2, -0.15) is 0 Å². The maximum absolute atomic E-state index is 12.7. The summed E-state index contributed by atoms with van der Waals surface area (Å²) < 4.78 is 31.5. The highest BCUT2D eigenvalue weighted by molar-refractivity contribution is 9.11. The van der Waals surface area contributed by atoms with Crippen LogP contribution < -0.4 is 4.72 Å². The van der Waals surface area contributed by atoms with Gasteiger partial charge in [0.25, 0.3) is 10.0 Å². The summed E-state index contributed by atoms with van der Waals surface area (Å²) in [5, 5.41) is 0. The normalized spacial score (nSPS) is 11.8. The van der Waals surface area contributed by atoms with Crippen LogP contribution >= 0.6 is 27.3 Å². The Kier molecular flexibility index (Phi) is 5.76. The molecular weight excluding hydrogens is 470 g/mol. The number of anilines is 1. The maximum Gasteiger partial charge on any atom is 0.271 e. The van der Waals surface area contributed by atoms with Gasteiger partial charge in [-0.25, -0.2) is 13.4 Å². The van der Waals surface area contributed by atoms with E-state index in [-0.39, 0.29) is 4.21 Å². The highest BCUT2D eigenvalue weighted by Gasteiger charge is 2.18. The van der Waals surface area contributed by atoms with Gasteiger partial charge in [0.2, 0.25) is 0 Å². The number of aryl methyl sites for hydroxylation is 3. The SMILES string of the molecule is CCn1c(CCc2ccccc2NS(=O)(=O)c2ccc(Br)s2)nc2ccccc21. The van der Waals surface area contributed by atoms with Gasteiger partial charge in [0.15, 0.2) is 0 Å². The first-order valence-corrected chi connectivity index (χ1v) is 12.4. The van der Waals surface area contributed by atoms with Gasteiger partial charge in [0, 0.05) is 13.0 Å². The lowest BCUT2D eigenvalue weighted by molar-refractivity contribution is 0.603. The van der Waals surface area contributed by atoms with Crippen LogP contribution in [0.2, 0.25) is 0 Å². The fourth-order valence-corrected chi connectivity index (χ4v) is 6.50. The van der Waals surface area contributed by atoms with Crippen molar-refractivity contribution in [1.29, 1.82) is 0 Å². The van der Waals surface area contributed by atoms with E-state index in [9.17, 15) is 8.42 Å². The molecule has 29 heavy (non-hydrogen) atoms. The molecule has 0 fully saturated rings. The number of rotatable bonds is 7. The van der Waals surface area contributed by atoms with Crippen LogP contribution in [0.4, 0.5) is 5.69 Å².